The van der Waals surface area contributed by atoms with Crippen molar-refractivity contribution in [2.45, 2.75) is 32.7 Å². The highest BCUT2D eigenvalue weighted by Gasteiger charge is 2.02. The van der Waals surface area contributed by atoms with Crippen LogP contribution in [0.3, 0.4) is 0 Å². The van der Waals surface area contributed by atoms with Crippen molar-refractivity contribution in [2.75, 3.05) is 13.1 Å². The molecular formula is C14H20N2OS. The van der Waals surface area contributed by atoms with E-state index in [4.69, 9.17) is 0 Å². The van der Waals surface area contributed by atoms with Crippen molar-refractivity contribution in [1.29, 1.82) is 0 Å². The SMILES string of the molecule is CCCNCCCCn1ccc2sccc2c1=O. The van der Waals surface area contributed by atoms with E-state index in [2.05, 4.69) is 12.2 Å². The molecule has 0 aliphatic heterocycles. The van der Waals surface area contributed by atoms with Gasteiger partial charge < -0.3 is 9.88 Å². The molecule has 18 heavy (non-hydrogen) atoms. The molecule has 0 atom stereocenters. The highest BCUT2D eigenvalue weighted by molar-refractivity contribution is 7.17. The molecule has 0 unspecified atom stereocenters. The predicted octanol–water partition coefficient (Wildman–Crippen LogP) is 2.84. The van der Waals surface area contributed by atoms with E-state index in [1.54, 1.807) is 11.3 Å². The summed E-state index contributed by atoms with van der Waals surface area (Å²) in [5.74, 6) is 0. The molecule has 0 radical (unpaired) electrons. The van der Waals surface area contributed by atoms with Crippen LogP contribution in [-0.4, -0.2) is 17.7 Å². The maximum Gasteiger partial charge on any atom is 0.259 e. The van der Waals surface area contributed by atoms with Gasteiger partial charge >= 0.3 is 0 Å². The summed E-state index contributed by atoms with van der Waals surface area (Å²) < 4.78 is 2.91. The minimum atomic E-state index is 0.148. The van der Waals surface area contributed by atoms with Crippen molar-refractivity contribution in [3.8, 4) is 0 Å². The summed E-state index contributed by atoms with van der Waals surface area (Å²) >= 11 is 1.62. The Labute approximate surface area is 111 Å². The lowest BCUT2D eigenvalue weighted by Gasteiger charge is -2.06. The molecule has 0 amide bonds. The molecule has 98 valence electrons. The van der Waals surface area contributed by atoms with E-state index in [1.165, 1.54) is 6.42 Å². The first-order chi connectivity index (χ1) is 8.83. The molecule has 0 aliphatic carbocycles. The van der Waals surface area contributed by atoms with Crippen LogP contribution in [0.4, 0.5) is 0 Å². The molecule has 0 fully saturated rings. The van der Waals surface area contributed by atoms with E-state index in [9.17, 15) is 4.79 Å². The van der Waals surface area contributed by atoms with Crippen LogP contribution in [0.1, 0.15) is 26.2 Å². The van der Waals surface area contributed by atoms with Gasteiger partial charge in [-0.25, -0.2) is 0 Å². The number of hydrogen-bond donors (Lipinski definition) is 1. The Balaban J connectivity index is 1.88. The molecular weight excluding hydrogens is 244 g/mol. The van der Waals surface area contributed by atoms with Crippen LogP contribution in [0.5, 0.6) is 0 Å². The highest BCUT2D eigenvalue weighted by Crippen LogP contribution is 2.16. The third-order valence-corrected chi connectivity index (χ3v) is 3.90. The lowest BCUT2D eigenvalue weighted by atomic mass is 10.3. The van der Waals surface area contributed by atoms with E-state index in [0.29, 0.717) is 0 Å². The molecule has 0 saturated carbocycles. The molecule has 0 saturated heterocycles. The Morgan fingerprint density at radius 1 is 1.28 bits per heavy atom. The van der Waals surface area contributed by atoms with Crippen LogP contribution < -0.4 is 10.9 Å². The lowest BCUT2D eigenvalue weighted by Crippen LogP contribution is -2.20. The number of hydrogen-bond acceptors (Lipinski definition) is 3. The fourth-order valence-electron chi connectivity index (χ4n) is 2.02. The normalized spacial score (nSPS) is 11.2. The van der Waals surface area contributed by atoms with Gasteiger partial charge in [0.25, 0.3) is 5.56 Å². The van der Waals surface area contributed by atoms with Gasteiger partial charge in [0, 0.05) is 17.4 Å². The van der Waals surface area contributed by atoms with Crippen molar-refractivity contribution < 1.29 is 0 Å². The van der Waals surface area contributed by atoms with Crippen molar-refractivity contribution in [1.82, 2.24) is 9.88 Å². The van der Waals surface area contributed by atoms with E-state index >= 15 is 0 Å². The Morgan fingerprint density at radius 2 is 2.17 bits per heavy atom. The van der Waals surface area contributed by atoms with Gasteiger partial charge in [-0.05, 0) is 49.9 Å². The molecule has 0 bridgehead atoms. The topological polar surface area (TPSA) is 34.0 Å². The Kier molecular flexibility index (Phi) is 4.96. The molecule has 2 rings (SSSR count). The summed E-state index contributed by atoms with van der Waals surface area (Å²) in [5.41, 5.74) is 0.148. The summed E-state index contributed by atoms with van der Waals surface area (Å²) in [5, 5.41) is 6.21. The van der Waals surface area contributed by atoms with Gasteiger partial charge in [0.2, 0.25) is 0 Å². The first kappa shape index (κ1) is 13.3. The molecule has 4 heteroatoms. The summed E-state index contributed by atoms with van der Waals surface area (Å²) in [7, 11) is 0. The van der Waals surface area contributed by atoms with Crippen LogP contribution in [-0.2, 0) is 6.54 Å². The number of fused-ring (bicyclic) bond motifs is 1. The smallest absolute Gasteiger partial charge is 0.259 e. The molecule has 2 heterocycles. The minimum Gasteiger partial charge on any atom is -0.317 e. The number of aromatic nitrogens is 1. The molecule has 1 N–H and O–H groups in total. The molecule has 2 aromatic heterocycles. The minimum absolute atomic E-state index is 0.148. The van der Waals surface area contributed by atoms with Crippen molar-refractivity contribution >= 4 is 21.4 Å². The maximum atomic E-state index is 12.1. The Hall–Kier alpha value is -1.13. The van der Waals surface area contributed by atoms with Gasteiger partial charge in [-0.15, -0.1) is 11.3 Å². The van der Waals surface area contributed by atoms with Crippen molar-refractivity contribution in [3.63, 3.8) is 0 Å². The van der Waals surface area contributed by atoms with Crippen LogP contribution in [0.2, 0.25) is 0 Å². The first-order valence-electron chi connectivity index (χ1n) is 6.60. The number of aryl methyl sites for hydroxylation is 1. The van der Waals surface area contributed by atoms with Gasteiger partial charge in [-0.1, -0.05) is 6.92 Å². The third-order valence-electron chi connectivity index (χ3n) is 3.02. The second kappa shape index (κ2) is 6.71. The quantitative estimate of drug-likeness (QED) is 0.780. The Morgan fingerprint density at radius 3 is 3.00 bits per heavy atom. The van der Waals surface area contributed by atoms with Gasteiger partial charge in [-0.3, -0.25) is 4.79 Å². The second-order valence-corrected chi connectivity index (χ2v) is 5.42. The number of nitrogens with one attached hydrogen (secondary N) is 1. The number of pyridine rings is 1. The maximum absolute atomic E-state index is 12.1. The average molecular weight is 264 g/mol. The van der Waals surface area contributed by atoms with E-state index in [1.807, 2.05) is 28.3 Å². The standard InChI is InChI=1S/C14H20N2OS/c1-2-7-15-8-3-4-9-16-10-5-13-12(14(16)17)6-11-18-13/h5-6,10-11,15H,2-4,7-9H2,1H3. The van der Waals surface area contributed by atoms with Crippen LogP contribution in [0.15, 0.2) is 28.5 Å². The van der Waals surface area contributed by atoms with Gasteiger partial charge in [-0.2, -0.15) is 0 Å². The molecule has 2 aromatic rings. The summed E-state index contributed by atoms with van der Waals surface area (Å²) in [6.45, 7) is 5.12. The zero-order chi connectivity index (χ0) is 12.8. The first-order valence-corrected chi connectivity index (χ1v) is 7.48. The lowest BCUT2D eigenvalue weighted by molar-refractivity contribution is 0.560. The summed E-state index contributed by atoms with van der Waals surface area (Å²) in [6.07, 6.45) is 5.26. The van der Waals surface area contributed by atoms with E-state index in [0.717, 1.165) is 42.6 Å². The number of thiophene rings is 1. The number of rotatable bonds is 7. The fraction of sp³-hybridized carbons (Fsp3) is 0.500. The second-order valence-electron chi connectivity index (χ2n) is 4.47. The largest absolute Gasteiger partial charge is 0.317 e. The molecule has 3 nitrogen and oxygen atoms in total. The molecule has 0 aliphatic rings. The van der Waals surface area contributed by atoms with Crippen LogP contribution in [0, 0.1) is 0 Å². The Bertz CT molecular complexity index is 544. The van der Waals surface area contributed by atoms with Crippen molar-refractivity contribution in [3.05, 3.63) is 34.1 Å². The van der Waals surface area contributed by atoms with Crippen molar-refractivity contribution in [2.24, 2.45) is 0 Å². The van der Waals surface area contributed by atoms with E-state index in [-0.39, 0.29) is 5.56 Å². The zero-order valence-electron chi connectivity index (χ0n) is 10.8. The fourth-order valence-corrected chi connectivity index (χ4v) is 2.79. The molecule has 0 aromatic carbocycles. The highest BCUT2D eigenvalue weighted by atomic mass is 32.1. The predicted molar refractivity (Wildman–Crippen MR) is 78.5 cm³/mol. The van der Waals surface area contributed by atoms with Gasteiger partial charge in [0.15, 0.2) is 0 Å². The van der Waals surface area contributed by atoms with Crippen LogP contribution in [0.25, 0.3) is 10.1 Å². The third kappa shape index (κ3) is 3.21. The number of unbranched alkanes of at least 4 members (excludes halogenated alkanes) is 1. The number of nitrogens with zero attached hydrogens (tertiary/aromatic N) is 1. The monoisotopic (exact) mass is 264 g/mol. The van der Waals surface area contributed by atoms with E-state index < -0.39 is 0 Å². The molecule has 0 spiro atoms. The summed E-state index contributed by atoms with van der Waals surface area (Å²) in [4.78, 5) is 12.1. The van der Waals surface area contributed by atoms with Gasteiger partial charge in [0.05, 0.1) is 5.39 Å². The van der Waals surface area contributed by atoms with Crippen LogP contribution >= 0.6 is 11.3 Å². The zero-order valence-corrected chi connectivity index (χ0v) is 11.6. The summed E-state index contributed by atoms with van der Waals surface area (Å²) in [6, 6.07) is 3.96. The average Bonchev–Trinajstić information content (AvgIpc) is 2.85. The van der Waals surface area contributed by atoms with Gasteiger partial charge in [0.1, 0.15) is 0 Å².